The summed E-state index contributed by atoms with van der Waals surface area (Å²) >= 11 is 9.15. The molecule has 0 spiro atoms. The number of nitro groups is 1. The quantitative estimate of drug-likeness (QED) is 0.463. The Labute approximate surface area is 128 Å². The number of carbonyl (C=O) groups excluding carboxylic acids is 1. The zero-order valence-electron chi connectivity index (χ0n) is 10.2. The standard InChI is InChI=1S/C14H9BrClNO3/c15-11-5-10(6-12(16)8-11)14(18)7-9-3-1-2-4-13(9)17(19)20/h1-6,8H,7H2. The Morgan fingerprint density at radius 2 is 1.95 bits per heavy atom. The first-order valence-electron chi connectivity index (χ1n) is 5.69. The Kier molecular flexibility index (Phi) is 4.52. The number of hydrogen-bond donors (Lipinski definition) is 0. The van der Waals surface area contributed by atoms with Crippen LogP contribution in [0.2, 0.25) is 5.02 Å². The monoisotopic (exact) mass is 353 g/mol. The maximum Gasteiger partial charge on any atom is 0.273 e. The van der Waals surface area contributed by atoms with Crippen LogP contribution in [0.5, 0.6) is 0 Å². The molecule has 0 bridgehead atoms. The smallest absolute Gasteiger partial charge is 0.273 e. The van der Waals surface area contributed by atoms with Gasteiger partial charge in [0.1, 0.15) is 0 Å². The lowest BCUT2D eigenvalue weighted by Crippen LogP contribution is -2.06. The minimum Gasteiger partial charge on any atom is -0.294 e. The van der Waals surface area contributed by atoms with Crippen LogP contribution in [0.25, 0.3) is 0 Å². The van der Waals surface area contributed by atoms with Crippen molar-refractivity contribution in [2.24, 2.45) is 0 Å². The van der Waals surface area contributed by atoms with Gasteiger partial charge in [-0.1, -0.05) is 45.7 Å². The van der Waals surface area contributed by atoms with Gasteiger partial charge in [0.2, 0.25) is 0 Å². The van der Waals surface area contributed by atoms with Crippen molar-refractivity contribution in [3.05, 3.63) is 73.2 Å². The highest BCUT2D eigenvalue weighted by Crippen LogP contribution is 2.23. The fraction of sp³-hybridized carbons (Fsp3) is 0.0714. The Bertz CT molecular complexity index is 668. The SMILES string of the molecule is O=C(Cc1ccccc1[N+](=O)[O-])c1cc(Cl)cc(Br)c1. The van der Waals surface area contributed by atoms with Crippen LogP contribution in [0.4, 0.5) is 5.69 Å². The van der Waals surface area contributed by atoms with Gasteiger partial charge in [-0.25, -0.2) is 0 Å². The number of carbonyl (C=O) groups is 1. The van der Waals surface area contributed by atoms with Gasteiger partial charge in [0.15, 0.2) is 5.78 Å². The molecule has 0 aromatic heterocycles. The third-order valence-corrected chi connectivity index (χ3v) is 3.40. The van der Waals surface area contributed by atoms with Crippen molar-refractivity contribution in [1.29, 1.82) is 0 Å². The molecule has 0 atom stereocenters. The molecule has 0 fully saturated rings. The third-order valence-electron chi connectivity index (χ3n) is 2.72. The van der Waals surface area contributed by atoms with Crippen molar-refractivity contribution >= 4 is 39.0 Å². The number of nitro benzene ring substituents is 1. The van der Waals surface area contributed by atoms with Crippen molar-refractivity contribution in [2.45, 2.75) is 6.42 Å². The molecule has 0 unspecified atom stereocenters. The molecular formula is C14H9BrClNO3. The van der Waals surface area contributed by atoms with Crippen molar-refractivity contribution < 1.29 is 9.72 Å². The Hall–Kier alpha value is -1.72. The topological polar surface area (TPSA) is 60.2 Å². The second-order valence-corrected chi connectivity index (χ2v) is 5.50. The lowest BCUT2D eigenvalue weighted by Gasteiger charge is -2.04. The first kappa shape index (κ1) is 14.7. The lowest BCUT2D eigenvalue weighted by molar-refractivity contribution is -0.385. The van der Waals surface area contributed by atoms with E-state index in [1.165, 1.54) is 6.07 Å². The molecular weight excluding hydrogens is 346 g/mol. The highest BCUT2D eigenvalue weighted by Gasteiger charge is 2.17. The second kappa shape index (κ2) is 6.15. The number of para-hydroxylation sites is 1. The third kappa shape index (κ3) is 3.43. The summed E-state index contributed by atoms with van der Waals surface area (Å²) in [6.07, 6.45) is -0.0378. The predicted octanol–water partition coefficient (Wildman–Crippen LogP) is 4.44. The molecule has 4 nitrogen and oxygen atoms in total. The van der Waals surface area contributed by atoms with Crippen LogP contribution in [-0.4, -0.2) is 10.7 Å². The number of ketones is 1. The molecule has 2 aromatic rings. The Morgan fingerprint density at radius 1 is 1.25 bits per heavy atom. The van der Waals surface area contributed by atoms with E-state index in [2.05, 4.69) is 15.9 Å². The molecule has 0 heterocycles. The summed E-state index contributed by atoms with van der Waals surface area (Å²) in [5.74, 6) is -0.220. The molecule has 2 aromatic carbocycles. The average molecular weight is 355 g/mol. The van der Waals surface area contributed by atoms with Gasteiger partial charge in [0.25, 0.3) is 5.69 Å². The van der Waals surface area contributed by atoms with Gasteiger partial charge in [-0.2, -0.15) is 0 Å². The van der Waals surface area contributed by atoms with E-state index in [-0.39, 0.29) is 17.9 Å². The summed E-state index contributed by atoms with van der Waals surface area (Å²) in [5.41, 5.74) is 0.753. The molecule has 0 radical (unpaired) electrons. The van der Waals surface area contributed by atoms with Crippen LogP contribution in [0, 0.1) is 10.1 Å². The van der Waals surface area contributed by atoms with Crippen molar-refractivity contribution in [2.75, 3.05) is 0 Å². The first-order valence-corrected chi connectivity index (χ1v) is 6.86. The van der Waals surface area contributed by atoms with Gasteiger partial charge < -0.3 is 0 Å². The molecule has 0 saturated carbocycles. The molecule has 0 aliphatic carbocycles. The molecule has 0 aliphatic rings. The zero-order chi connectivity index (χ0) is 14.7. The summed E-state index contributed by atoms with van der Waals surface area (Å²) < 4.78 is 0.691. The first-order chi connectivity index (χ1) is 9.47. The molecule has 20 heavy (non-hydrogen) atoms. The largest absolute Gasteiger partial charge is 0.294 e. The van der Waals surface area contributed by atoms with Crippen LogP contribution >= 0.6 is 27.5 Å². The van der Waals surface area contributed by atoms with Gasteiger partial charge in [0.05, 0.1) is 4.92 Å². The number of rotatable bonds is 4. The van der Waals surface area contributed by atoms with Crippen molar-refractivity contribution in [3.8, 4) is 0 Å². The van der Waals surface area contributed by atoms with Crippen molar-refractivity contribution in [3.63, 3.8) is 0 Å². The maximum atomic E-state index is 12.2. The van der Waals surface area contributed by atoms with E-state index in [4.69, 9.17) is 11.6 Å². The van der Waals surface area contributed by atoms with E-state index in [1.54, 1.807) is 36.4 Å². The van der Waals surface area contributed by atoms with E-state index in [0.717, 1.165) is 0 Å². The maximum absolute atomic E-state index is 12.2. The zero-order valence-corrected chi connectivity index (χ0v) is 12.5. The number of halogens is 2. The Morgan fingerprint density at radius 3 is 2.60 bits per heavy atom. The highest BCUT2D eigenvalue weighted by atomic mass is 79.9. The lowest BCUT2D eigenvalue weighted by atomic mass is 10.0. The van der Waals surface area contributed by atoms with Gasteiger partial charge >= 0.3 is 0 Å². The fourth-order valence-corrected chi connectivity index (χ4v) is 2.69. The normalized spacial score (nSPS) is 10.3. The number of nitrogens with zero attached hydrogens (tertiary/aromatic N) is 1. The van der Waals surface area contributed by atoms with Crippen LogP contribution in [0.1, 0.15) is 15.9 Å². The molecule has 0 aliphatic heterocycles. The van der Waals surface area contributed by atoms with E-state index in [9.17, 15) is 14.9 Å². The van der Waals surface area contributed by atoms with Crippen LogP contribution < -0.4 is 0 Å². The predicted molar refractivity (Wildman–Crippen MR) is 80.3 cm³/mol. The van der Waals surface area contributed by atoms with E-state index in [1.807, 2.05) is 0 Å². The molecule has 102 valence electrons. The van der Waals surface area contributed by atoms with Crippen molar-refractivity contribution in [1.82, 2.24) is 0 Å². The number of Topliss-reactive ketones (excluding diaryl/α,β-unsaturated/α-hetero) is 1. The number of hydrogen-bond acceptors (Lipinski definition) is 3. The molecule has 6 heteroatoms. The van der Waals surface area contributed by atoms with Gasteiger partial charge in [-0.15, -0.1) is 0 Å². The molecule has 0 N–H and O–H groups in total. The molecule has 0 saturated heterocycles. The van der Waals surface area contributed by atoms with Gasteiger partial charge in [0, 0.05) is 33.1 Å². The summed E-state index contributed by atoms with van der Waals surface area (Å²) in [5, 5.41) is 11.3. The minimum absolute atomic E-state index is 0.0378. The van der Waals surface area contributed by atoms with Crippen LogP contribution in [0.3, 0.4) is 0 Å². The van der Waals surface area contributed by atoms with Crippen LogP contribution in [-0.2, 0) is 6.42 Å². The van der Waals surface area contributed by atoms with E-state index >= 15 is 0 Å². The Balaban J connectivity index is 2.30. The summed E-state index contributed by atoms with van der Waals surface area (Å²) in [6, 6.07) is 11.1. The summed E-state index contributed by atoms with van der Waals surface area (Å²) in [4.78, 5) is 22.6. The van der Waals surface area contributed by atoms with Gasteiger partial charge in [-0.3, -0.25) is 14.9 Å². The highest BCUT2D eigenvalue weighted by molar-refractivity contribution is 9.10. The summed E-state index contributed by atoms with van der Waals surface area (Å²) in [7, 11) is 0. The molecule has 0 amide bonds. The fourth-order valence-electron chi connectivity index (χ4n) is 1.83. The van der Waals surface area contributed by atoms with E-state index in [0.29, 0.717) is 20.6 Å². The minimum atomic E-state index is -0.490. The average Bonchev–Trinajstić information content (AvgIpc) is 2.37. The molecule has 2 rings (SSSR count). The number of benzene rings is 2. The van der Waals surface area contributed by atoms with Crippen LogP contribution in [0.15, 0.2) is 46.9 Å². The van der Waals surface area contributed by atoms with E-state index < -0.39 is 4.92 Å². The second-order valence-electron chi connectivity index (χ2n) is 4.14. The van der Waals surface area contributed by atoms with Gasteiger partial charge in [-0.05, 0) is 18.2 Å². The summed E-state index contributed by atoms with van der Waals surface area (Å²) in [6.45, 7) is 0.